The zero-order chi connectivity index (χ0) is 19.0. The van der Waals surface area contributed by atoms with Gasteiger partial charge < -0.3 is 4.57 Å². The molecule has 1 aromatic carbocycles. The number of thiazole rings is 1. The van der Waals surface area contributed by atoms with Crippen molar-refractivity contribution in [1.29, 1.82) is 0 Å². The first-order valence-electron chi connectivity index (χ1n) is 9.10. The van der Waals surface area contributed by atoms with Crippen LogP contribution in [-0.4, -0.2) is 20.3 Å². The van der Waals surface area contributed by atoms with E-state index in [1.165, 1.54) is 5.56 Å². The smallest absolute Gasteiger partial charge is 0.297 e. The monoisotopic (exact) mass is 370 g/mol. The number of rotatable bonds is 4. The van der Waals surface area contributed by atoms with Gasteiger partial charge in [-0.05, 0) is 57.4 Å². The van der Waals surface area contributed by atoms with Crippen LogP contribution in [-0.2, 0) is 6.54 Å². The fourth-order valence-electron chi connectivity index (χ4n) is 3.05. The van der Waals surface area contributed by atoms with E-state index >= 15 is 0 Å². The van der Waals surface area contributed by atoms with Gasteiger partial charge in [0.25, 0.3) is 5.91 Å². The molecule has 26 heavy (non-hydrogen) atoms. The average Bonchev–Trinajstić information content (AvgIpc) is 3.13. The Morgan fingerprint density at radius 1 is 1.23 bits per heavy atom. The van der Waals surface area contributed by atoms with Gasteiger partial charge in [0.1, 0.15) is 5.69 Å². The van der Waals surface area contributed by atoms with Crippen LogP contribution in [0.2, 0.25) is 0 Å². The maximum atomic E-state index is 12.8. The van der Waals surface area contributed by atoms with E-state index in [-0.39, 0.29) is 11.9 Å². The zero-order valence-corrected chi connectivity index (χ0v) is 17.1. The second kappa shape index (κ2) is 7.19. The third kappa shape index (κ3) is 3.38. The Kier molecular flexibility index (Phi) is 5.14. The van der Waals surface area contributed by atoms with Crippen LogP contribution >= 0.6 is 11.3 Å². The average molecular weight is 371 g/mol. The van der Waals surface area contributed by atoms with E-state index in [1.807, 2.05) is 26.8 Å². The van der Waals surface area contributed by atoms with Crippen LogP contribution < -0.4 is 4.80 Å². The Balaban J connectivity index is 2.13. The van der Waals surface area contributed by atoms with E-state index in [4.69, 9.17) is 0 Å². The lowest BCUT2D eigenvalue weighted by molar-refractivity contribution is 0.0986. The second-order valence-corrected chi connectivity index (χ2v) is 8.15. The SMILES string of the molecule is CCn1c(=NC(=O)c2cc(C)nn2C(C)C)sc2cc(C(C)C)ccc21. The van der Waals surface area contributed by atoms with Gasteiger partial charge in [-0.3, -0.25) is 9.48 Å². The molecule has 2 aromatic heterocycles. The van der Waals surface area contributed by atoms with Gasteiger partial charge >= 0.3 is 0 Å². The molecule has 3 rings (SSSR count). The van der Waals surface area contributed by atoms with Crippen molar-refractivity contribution in [2.45, 2.75) is 60.0 Å². The molecule has 0 aliphatic heterocycles. The third-order valence-corrected chi connectivity index (χ3v) is 5.49. The maximum Gasteiger partial charge on any atom is 0.297 e. The Labute approximate surface area is 158 Å². The lowest BCUT2D eigenvalue weighted by Gasteiger charge is -2.08. The molecule has 0 fully saturated rings. The molecule has 0 unspecified atom stereocenters. The fraction of sp³-hybridized carbons (Fsp3) is 0.450. The molecule has 0 spiro atoms. The van der Waals surface area contributed by atoms with Crippen molar-refractivity contribution in [3.63, 3.8) is 0 Å². The highest BCUT2D eigenvalue weighted by molar-refractivity contribution is 7.16. The summed E-state index contributed by atoms with van der Waals surface area (Å²) in [6, 6.07) is 8.44. The van der Waals surface area contributed by atoms with Crippen LogP contribution in [0.5, 0.6) is 0 Å². The van der Waals surface area contributed by atoms with Gasteiger partial charge in [-0.15, -0.1) is 0 Å². The van der Waals surface area contributed by atoms with Crippen LogP contribution in [0.15, 0.2) is 29.3 Å². The minimum Gasteiger partial charge on any atom is -0.317 e. The highest BCUT2D eigenvalue weighted by Crippen LogP contribution is 2.23. The largest absolute Gasteiger partial charge is 0.317 e. The number of aryl methyl sites for hydroxylation is 2. The number of hydrogen-bond donors (Lipinski definition) is 0. The Morgan fingerprint density at radius 3 is 2.58 bits per heavy atom. The molecule has 1 amide bonds. The number of aromatic nitrogens is 3. The maximum absolute atomic E-state index is 12.8. The lowest BCUT2D eigenvalue weighted by atomic mass is 10.0. The van der Waals surface area contributed by atoms with Crippen molar-refractivity contribution in [3.05, 3.63) is 46.0 Å². The van der Waals surface area contributed by atoms with E-state index in [0.717, 1.165) is 27.3 Å². The van der Waals surface area contributed by atoms with Gasteiger partial charge in [0.15, 0.2) is 4.80 Å². The van der Waals surface area contributed by atoms with Gasteiger partial charge in [-0.25, -0.2) is 0 Å². The summed E-state index contributed by atoms with van der Waals surface area (Å²) in [5, 5.41) is 4.42. The molecule has 6 heteroatoms. The molecule has 0 aliphatic carbocycles. The summed E-state index contributed by atoms with van der Waals surface area (Å²) in [5.41, 5.74) is 3.80. The number of hydrogen-bond acceptors (Lipinski definition) is 3. The molecule has 0 bridgehead atoms. The van der Waals surface area contributed by atoms with Crippen molar-refractivity contribution in [2.75, 3.05) is 0 Å². The number of amides is 1. The predicted octanol–water partition coefficient (Wildman–Crippen LogP) is 4.67. The van der Waals surface area contributed by atoms with Gasteiger partial charge in [0.05, 0.1) is 15.9 Å². The van der Waals surface area contributed by atoms with Crippen molar-refractivity contribution in [3.8, 4) is 0 Å². The van der Waals surface area contributed by atoms with Gasteiger partial charge in [0.2, 0.25) is 0 Å². The van der Waals surface area contributed by atoms with Crippen LogP contribution in [0.1, 0.15) is 68.3 Å². The van der Waals surface area contributed by atoms with E-state index in [1.54, 1.807) is 16.0 Å². The van der Waals surface area contributed by atoms with E-state index in [0.29, 0.717) is 11.6 Å². The molecular formula is C20H26N4OS. The summed E-state index contributed by atoms with van der Waals surface area (Å²) in [6.45, 7) is 13.2. The fourth-order valence-corrected chi connectivity index (χ4v) is 4.19. The van der Waals surface area contributed by atoms with Crippen molar-refractivity contribution >= 4 is 27.5 Å². The third-order valence-electron chi connectivity index (χ3n) is 4.45. The first-order valence-corrected chi connectivity index (χ1v) is 9.92. The van der Waals surface area contributed by atoms with E-state index in [2.05, 4.69) is 53.6 Å². The standard InChI is InChI=1S/C20H26N4OS/c1-7-23-16-9-8-15(12(2)3)11-18(16)26-20(23)21-19(25)17-10-14(6)22-24(17)13(4)5/h8-13H,7H2,1-6H3. The molecule has 5 nitrogen and oxygen atoms in total. The molecule has 0 atom stereocenters. The molecule has 0 aliphatic rings. The zero-order valence-electron chi connectivity index (χ0n) is 16.3. The number of nitrogens with zero attached hydrogens (tertiary/aromatic N) is 4. The van der Waals surface area contributed by atoms with Gasteiger partial charge in [-0.2, -0.15) is 10.1 Å². The molecular weight excluding hydrogens is 344 g/mol. The normalized spacial score (nSPS) is 12.7. The first kappa shape index (κ1) is 18.6. The second-order valence-electron chi connectivity index (χ2n) is 7.14. The minimum atomic E-state index is -0.239. The van der Waals surface area contributed by atoms with Gasteiger partial charge in [-0.1, -0.05) is 31.3 Å². The summed E-state index contributed by atoms with van der Waals surface area (Å²) >= 11 is 1.57. The van der Waals surface area contributed by atoms with Crippen molar-refractivity contribution in [2.24, 2.45) is 4.99 Å². The lowest BCUT2D eigenvalue weighted by Crippen LogP contribution is -2.18. The molecule has 0 radical (unpaired) electrons. The molecule has 138 valence electrons. The van der Waals surface area contributed by atoms with Gasteiger partial charge in [0, 0.05) is 12.6 Å². The number of carbonyl (C=O) groups is 1. The molecule has 2 heterocycles. The summed E-state index contributed by atoms with van der Waals surface area (Å²) in [4.78, 5) is 18.0. The minimum absolute atomic E-state index is 0.118. The predicted molar refractivity (Wildman–Crippen MR) is 107 cm³/mol. The van der Waals surface area contributed by atoms with Crippen molar-refractivity contribution in [1.82, 2.24) is 14.3 Å². The topological polar surface area (TPSA) is 52.2 Å². The number of carbonyl (C=O) groups excluding carboxylic acids is 1. The molecule has 0 saturated heterocycles. The summed E-state index contributed by atoms with van der Waals surface area (Å²) in [6.07, 6.45) is 0. The summed E-state index contributed by atoms with van der Waals surface area (Å²) in [5.74, 6) is 0.235. The number of benzene rings is 1. The summed E-state index contributed by atoms with van der Waals surface area (Å²) in [7, 11) is 0. The quantitative estimate of drug-likeness (QED) is 0.670. The Hall–Kier alpha value is -2.21. The van der Waals surface area contributed by atoms with Crippen LogP contribution in [0.25, 0.3) is 10.2 Å². The molecule has 0 N–H and O–H groups in total. The van der Waals surface area contributed by atoms with Crippen LogP contribution in [0.3, 0.4) is 0 Å². The summed E-state index contributed by atoms with van der Waals surface area (Å²) < 4.78 is 5.02. The number of fused-ring (bicyclic) bond motifs is 1. The Morgan fingerprint density at radius 2 is 1.96 bits per heavy atom. The Bertz CT molecular complexity index is 1020. The molecule has 0 saturated carbocycles. The van der Waals surface area contributed by atoms with Crippen LogP contribution in [0, 0.1) is 6.92 Å². The van der Waals surface area contributed by atoms with E-state index in [9.17, 15) is 4.79 Å². The highest BCUT2D eigenvalue weighted by Gasteiger charge is 2.16. The molecule has 3 aromatic rings. The van der Waals surface area contributed by atoms with Crippen molar-refractivity contribution < 1.29 is 4.79 Å². The van der Waals surface area contributed by atoms with E-state index < -0.39 is 0 Å². The first-order chi connectivity index (χ1) is 12.3. The van der Waals surface area contributed by atoms with Crippen LogP contribution in [0.4, 0.5) is 0 Å². The highest BCUT2D eigenvalue weighted by atomic mass is 32.1.